The number of anilines is 1. The lowest BCUT2D eigenvalue weighted by molar-refractivity contribution is -0.116. The molecule has 0 bridgehead atoms. The fourth-order valence-electron chi connectivity index (χ4n) is 3.07. The predicted molar refractivity (Wildman–Crippen MR) is 103 cm³/mol. The van der Waals surface area contributed by atoms with Gasteiger partial charge in [-0.1, -0.05) is 51.1 Å². The van der Waals surface area contributed by atoms with Crippen molar-refractivity contribution in [3.63, 3.8) is 0 Å². The molecule has 1 aliphatic heterocycles. The van der Waals surface area contributed by atoms with E-state index in [2.05, 4.69) is 63.2 Å². The molecule has 2 aromatic rings. The van der Waals surface area contributed by atoms with Crippen molar-refractivity contribution in [1.82, 2.24) is 0 Å². The molecule has 126 valence electrons. The summed E-state index contributed by atoms with van der Waals surface area (Å²) >= 11 is 1.62. The summed E-state index contributed by atoms with van der Waals surface area (Å²) in [5.41, 5.74) is 3.87. The van der Waals surface area contributed by atoms with Gasteiger partial charge in [0, 0.05) is 17.1 Å². The molecule has 1 heterocycles. The number of rotatable bonds is 3. The van der Waals surface area contributed by atoms with Crippen LogP contribution < -0.4 is 4.90 Å². The summed E-state index contributed by atoms with van der Waals surface area (Å²) in [4.78, 5) is 15.8. The maximum Gasteiger partial charge on any atom is 0.237 e. The zero-order chi connectivity index (χ0) is 17.2. The van der Waals surface area contributed by atoms with Crippen LogP contribution in [0.5, 0.6) is 0 Å². The lowest BCUT2D eigenvalue weighted by Crippen LogP contribution is -2.36. The van der Waals surface area contributed by atoms with Crippen LogP contribution in [0.4, 0.5) is 5.69 Å². The van der Waals surface area contributed by atoms with Gasteiger partial charge in [0.2, 0.25) is 5.91 Å². The third kappa shape index (κ3) is 3.84. The minimum Gasteiger partial charge on any atom is -0.311 e. The number of fused-ring (bicyclic) bond motifs is 1. The van der Waals surface area contributed by atoms with Gasteiger partial charge in [0.25, 0.3) is 0 Å². The van der Waals surface area contributed by atoms with Crippen LogP contribution in [0.25, 0.3) is 0 Å². The van der Waals surface area contributed by atoms with Gasteiger partial charge in [-0.05, 0) is 47.6 Å². The van der Waals surface area contributed by atoms with Crippen molar-refractivity contribution in [3.05, 3.63) is 59.7 Å². The molecule has 0 aromatic heterocycles. The molecule has 0 aliphatic carbocycles. The number of benzene rings is 2. The minimum absolute atomic E-state index is 0.163. The van der Waals surface area contributed by atoms with E-state index < -0.39 is 0 Å². The van der Waals surface area contributed by atoms with Crippen molar-refractivity contribution in [2.75, 3.05) is 17.2 Å². The van der Waals surface area contributed by atoms with Crippen LogP contribution in [0.2, 0.25) is 0 Å². The first-order valence-corrected chi connectivity index (χ1v) is 9.55. The van der Waals surface area contributed by atoms with Crippen molar-refractivity contribution >= 4 is 23.4 Å². The van der Waals surface area contributed by atoms with Gasteiger partial charge < -0.3 is 4.90 Å². The van der Waals surface area contributed by atoms with Gasteiger partial charge in [-0.2, -0.15) is 0 Å². The van der Waals surface area contributed by atoms with E-state index in [0.717, 1.165) is 30.0 Å². The highest BCUT2D eigenvalue weighted by Crippen LogP contribution is 2.29. The lowest BCUT2D eigenvalue weighted by Gasteiger charge is -2.29. The largest absolute Gasteiger partial charge is 0.311 e. The first kappa shape index (κ1) is 17.1. The molecule has 1 aliphatic rings. The van der Waals surface area contributed by atoms with Crippen molar-refractivity contribution in [2.45, 2.75) is 43.9 Å². The summed E-state index contributed by atoms with van der Waals surface area (Å²) in [5.74, 6) is 0.690. The number of para-hydroxylation sites is 1. The van der Waals surface area contributed by atoms with Gasteiger partial charge in [-0.15, -0.1) is 11.8 Å². The normalized spacial score (nSPS) is 14.4. The van der Waals surface area contributed by atoms with Crippen LogP contribution in [0, 0.1) is 0 Å². The summed E-state index contributed by atoms with van der Waals surface area (Å²) in [5, 5.41) is 0. The van der Waals surface area contributed by atoms with Gasteiger partial charge in [-0.3, -0.25) is 4.79 Å². The molecule has 2 nitrogen and oxygen atoms in total. The number of thioether (sulfide) groups is 1. The van der Waals surface area contributed by atoms with E-state index in [-0.39, 0.29) is 11.3 Å². The summed E-state index contributed by atoms with van der Waals surface area (Å²) in [6, 6.07) is 16.9. The summed E-state index contributed by atoms with van der Waals surface area (Å²) in [6.07, 6.45) is 2.12. The molecular formula is C21H25NOS. The van der Waals surface area contributed by atoms with Crippen LogP contribution >= 0.6 is 11.8 Å². The highest BCUT2D eigenvalue weighted by Gasteiger charge is 2.22. The van der Waals surface area contributed by atoms with Crippen LogP contribution in [0.15, 0.2) is 53.4 Å². The number of hydrogen-bond donors (Lipinski definition) is 0. The molecule has 3 heteroatoms. The number of carbonyl (C=O) groups is 1. The molecule has 0 saturated heterocycles. The van der Waals surface area contributed by atoms with Gasteiger partial charge in [0.15, 0.2) is 0 Å². The second kappa shape index (κ2) is 7.02. The molecule has 3 rings (SSSR count). The molecule has 0 atom stereocenters. The van der Waals surface area contributed by atoms with Crippen molar-refractivity contribution in [1.29, 1.82) is 0 Å². The monoisotopic (exact) mass is 339 g/mol. The highest BCUT2D eigenvalue weighted by molar-refractivity contribution is 8.00. The van der Waals surface area contributed by atoms with E-state index >= 15 is 0 Å². The minimum atomic E-state index is 0.163. The average molecular weight is 340 g/mol. The number of amides is 1. The molecule has 0 unspecified atom stereocenters. The van der Waals surface area contributed by atoms with Crippen LogP contribution in [0.3, 0.4) is 0 Å². The molecular weight excluding hydrogens is 314 g/mol. The van der Waals surface area contributed by atoms with Gasteiger partial charge in [0.05, 0.1) is 5.75 Å². The second-order valence-corrected chi connectivity index (χ2v) is 8.39. The van der Waals surface area contributed by atoms with Gasteiger partial charge in [0.1, 0.15) is 0 Å². The topological polar surface area (TPSA) is 20.3 Å². The molecule has 0 fully saturated rings. The lowest BCUT2D eigenvalue weighted by atomic mass is 9.87. The smallest absolute Gasteiger partial charge is 0.237 e. The third-order valence-corrected chi connectivity index (χ3v) is 5.49. The third-order valence-electron chi connectivity index (χ3n) is 4.49. The summed E-state index contributed by atoms with van der Waals surface area (Å²) in [7, 11) is 0. The quantitative estimate of drug-likeness (QED) is 0.729. The average Bonchev–Trinajstić information content (AvgIpc) is 2.59. The summed E-state index contributed by atoms with van der Waals surface area (Å²) in [6.45, 7) is 7.48. The fraction of sp³-hybridized carbons (Fsp3) is 0.381. The number of carbonyl (C=O) groups excluding carboxylic acids is 1. The van der Waals surface area contributed by atoms with E-state index in [9.17, 15) is 4.79 Å². The molecule has 0 spiro atoms. The Kier molecular flexibility index (Phi) is 5.00. The summed E-state index contributed by atoms with van der Waals surface area (Å²) < 4.78 is 0. The number of hydrogen-bond acceptors (Lipinski definition) is 2. The molecule has 0 saturated carbocycles. The maximum absolute atomic E-state index is 12.7. The van der Waals surface area contributed by atoms with E-state index in [1.54, 1.807) is 11.8 Å². The maximum atomic E-state index is 12.7. The molecule has 2 aromatic carbocycles. The Balaban J connectivity index is 1.64. The van der Waals surface area contributed by atoms with E-state index in [1.807, 2.05) is 11.0 Å². The standard InChI is InChI=1S/C21H25NOS/c1-21(2,3)17-10-12-18(13-11-17)24-15-20(23)22-14-6-8-16-7-4-5-9-19(16)22/h4-5,7,9-13H,6,8,14-15H2,1-3H3. The van der Waals surface area contributed by atoms with Gasteiger partial charge >= 0.3 is 0 Å². The molecule has 0 N–H and O–H groups in total. The zero-order valence-corrected chi connectivity index (χ0v) is 15.5. The number of nitrogens with zero attached hydrogens (tertiary/aromatic N) is 1. The predicted octanol–water partition coefficient (Wildman–Crippen LogP) is 5.06. The molecule has 1 amide bonds. The van der Waals surface area contributed by atoms with E-state index in [4.69, 9.17) is 0 Å². The first-order valence-electron chi connectivity index (χ1n) is 8.57. The highest BCUT2D eigenvalue weighted by atomic mass is 32.2. The Morgan fingerprint density at radius 1 is 1.08 bits per heavy atom. The Morgan fingerprint density at radius 3 is 2.50 bits per heavy atom. The molecule has 24 heavy (non-hydrogen) atoms. The van der Waals surface area contributed by atoms with Crippen molar-refractivity contribution < 1.29 is 4.79 Å². The Morgan fingerprint density at radius 2 is 1.79 bits per heavy atom. The SMILES string of the molecule is CC(C)(C)c1ccc(SCC(=O)N2CCCc3ccccc32)cc1. The van der Waals surface area contributed by atoms with Crippen molar-refractivity contribution in [2.24, 2.45) is 0 Å². The molecule has 0 radical (unpaired) electrons. The van der Waals surface area contributed by atoms with Gasteiger partial charge in [-0.25, -0.2) is 0 Å². The van der Waals surface area contributed by atoms with E-state index in [1.165, 1.54) is 11.1 Å². The fourth-order valence-corrected chi connectivity index (χ4v) is 3.84. The van der Waals surface area contributed by atoms with Crippen molar-refractivity contribution in [3.8, 4) is 0 Å². The number of aryl methyl sites for hydroxylation is 1. The van der Waals surface area contributed by atoms with Crippen LogP contribution in [-0.4, -0.2) is 18.2 Å². The van der Waals surface area contributed by atoms with E-state index in [0.29, 0.717) is 5.75 Å². The Hall–Kier alpha value is -1.74. The second-order valence-electron chi connectivity index (χ2n) is 7.34. The zero-order valence-electron chi connectivity index (χ0n) is 14.7. The Bertz CT molecular complexity index is 715. The first-order chi connectivity index (χ1) is 11.4. The van der Waals surface area contributed by atoms with Crippen LogP contribution in [0.1, 0.15) is 38.3 Å². The Labute approximate surface area is 149 Å². The van der Waals surface area contributed by atoms with Crippen LogP contribution in [-0.2, 0) is 16.6 Å².